The second-order valence-electron chi connectivity index (χ2n) is 7.43. The molecule has 4 rings (SSSR count). The van der Waals surface area contributed by atoms with Gasteiger partial charge in [0, 0.05) is 12.7 Å². The first kappa shape index (κ1) is 18.2. The van der Waals surface area contributed by atoms with E-state index in [0.29, 0.717) is 11.4 Å². The molecule has 2 aromatic rings. The highest BCUT2D eigenvalue weighted by Crippen LogP contribution is 2.31. The number of nitrogens with one attached hydrogen (secondary N) is 1. The molecule has 1 saturated carbocycles. The zero-order chi connectivity index (χ0) is 18.9. The SMILES string of the molecule is O=C1NCCC1c1cc(-c2ccc(S(=O)(=O)C3CCCCC3)cc2)ccn1. The zero-order valence-electron chi connectivity index (χ0n) is 15.2. The second kappa shape index (κ2) is 7.43. The molecule has 2 heterocycles. The maximum atomic E-state index is 12.8. The monoisotopic (exact) mass is 384 g/mol. The second-order valence-corrected chi connectivity index (χ2v) is 9.66. The van der Waals surface area contributed by atoms with E-state index in [0.717, 1.165) is 55.3 Å². The van der Waals surface area contributed by atoms with Gasteiger partial charge in [-0.05, 0) is 54.7 Å². The minimum atomic E-state index is -3.25. The molecule has 1 aromatic carbocycles. The minimum Gasteiger partial charge on any atom is -0.355 e. The predicted octanol–water partition coefficient (Wildman–Crippen LogP) is 3.46. The van der Waals surface area contributed by atoms with Gasteiger partial charge in [-0.3, -0.25) is 9.78 Å². The molecule has 0 radical (unpaired) electrons. The number of nitrogens with zero attached hydrogens (tertiary/aromatic N) is 1. The van der Waals surface area contributed by atoms with Gasteiger partial charge in [0.15, 0.2) is 9.84 Å². The first-order valence-electron chi connectivity index (χ1n) is 9.64. The molecule has 0 bridgehead atoms. The van der Waals surface area contributed by atoms with Crippen LogP contribution in [0.25, 0.3) is 11.1 Å². The molecule has 1 unspecified atom stereocenters. The number of rotatable bonds is 4. The number of benzene rings is 1. The van der Waals surface area contributed by atoms with E-state index >= 15 is 0 Å². The lowest BCUT2D eigenvalue weighted by Gasteiger charge is -2.21. The fourth-order valence-corrected chi connectivity index (χ4v) is 5.95. The molecule has 142 valence electrons. The van der Waals surface area contributed by atoms with Crippen LogP contribution in [0.2, 0.25) is 0 Å². The Morgan fingerprint density at radius 2 is 1.67 bits per heavy atom. The molecule has 2 aliphatic rings. The Bertz CT molecular complexity index is 932. The highest BCUT2D eigenvalue weighted by Gasteiger charge is 2.29. The first-order valence-corrected chi connectivity index (χ1v) is 11.2. The lowest BCUT2D eigenvalue weighted by molar-refractivity contribution is -0.120. The van der Waals surface area contributed by atoms with Crippen LogP contribution in [0.1, 0.15) is 50.1 Å². The number of carbonyl (C=O) groups excluding carboxylic acids is 1. The van der Waals surface area contributed by atoms with E-state index in [2.05, 4.69) is 10.3 Å². The molecule has 1 N–H and O–H groups in total. The lowest BCUT2D eigenvalue weighted by Crippen LogP contribution is -2.24. The Labute approximate surface area is 160 Å². The predicted molar refractivity (Wildman–Crippen MR) is 104 cm³/mol. The Balaban J connectivity index is 1.58. The molecule has 2 fully saturated rings. The van der Waals surface area contributed by atoms with Crippen LogP contribution in [0.3, 0.4) is 0 Å². The average molecular weight is 385 g/mol. The van der Waals surface area contributed by atoms with Crippen LogP contribution in [-0.4, -0.2) is 31.1 Å². The van der Waals surface area contributed by atoms with Gasteiger partial charge in [0.05, 0.1) is 21.8 Å². The topological polar surface area (TPSA) is 76.1 Å². The van der Waals surface area contributed by atoms with Crippen LogP contribution in [0.5, 0.6) is 0 Å². The van der Waals surface area contributed by atoms with Gasteiger partial charge in [0.1, 0.15) is 0 Å². The summed E-state index contributed by atoms with van der Waals surface area (Å²) in [5, 5.41) is 2.59. The van der Waals surface area contributed by atoms with Gasteiger partial charge in [0.2, 0.25) is 5.91 Å². The van der Waals surface area contributed by atoms with Crippen LogP contribution >= 0.6 is 0 Å². The van der Waals surface area contributed by atoms with Crippen molar-refractivity contribution in [2.24, 2.45) is 0 Å². The Morgan fingerprint density at radius 1 is 0.926 bits per heavy atom. The fourth-order valence-electron chi connectivity index (χ4n) is 4.10. The van der Waals surface area contributed by atoms with E-state index in [1.807, 2.05) is 24.3 Å². The maximum Gasteiger partial charge on any atom is 0.229 e. The molecule has 1 aliphatic heterocycles. The zero-order valence-corrected chi connectivity index (χ0v) is 16.0. The Hall–Kier alpha value is -2.21. The van der Waals surface area contributed by atoms with Crippen molar-refractivity contribution in [3.8, 4) is 11.1 Å². The lowest BCUT2D eigenvalue weighted by atomic mass is 9.99. The number of hydrogen-bond acceptors (Lipinski definition) is 4. The standard InChI is InChI=1S/C21H24N2O3S/c24-21-19(11-13-23-21)20-14-16(10-12-22-20)15-6-8-18(9-7-15)27(25,26)17-4-2-1-3-5-17/h6-10,12,14,17,19H,1-5,11,13H2,(H,23,24). The van der Waals surface area contributed by atoms with Crippen molar-refractivity contribution in [3.05, 3.63) is 48.3 Å². The normalized spacial score (nSPS) is 21.2. The third kappa shape index (κ3) is 3.63. The molecule has 1 saturated heterocycles. The van der Waals surface area contributed by atoms with Crippen molar-refractivity contribution in [1.82, 2.24) is 10.3 Å². The molecule has 1 amide bonds. The number of carbonyl (C=O) groups is 1. The molecule has 27 heavy (non-hydrogen) atoms. The maximum absolute atomic E-state index is 12.8. The van der Waals surface area contributed by atoms with E-state index in [4.69, 9.17) is 0 Å². The van der Waals surface area contributed by atoms with Crippen molar-refractivity contribution in [2.75, 3.05) is 6.54 Å². The minimum absolute atomic E-state index is 0.0218. The smallest absolute Gasteiger partial charge is 0.229 e. The first-order chi connectivity index (χ1) is 13.1. The summed E-state index contributed by atoms with van der Waals surface area (Å²) in [6.07, 6.45) is 7.13. The summed E-state index contributed by atoms with van der Waals surface area (Å²) in [5.74, 6) is -0.176. The quantitative estimate of drug-likeness (QED) is 0.876. The van der Waals surface area contributed by atoms with E-state index in [1.54, 1.807) is 18.3 Å². The van der Waals surface area contributed by atoms with E-state index in [1.165, 1.54) is 0 Å². The Morgan fingerprint density at radius 3 is 2.33 bits per heavy atom. The Kier molecular flexibility index (Phi) is 5.00. The summed E-state index contributed by atoms with van der Waals surface area (Å²) in [6, 6.07) is 10.9. The number of hydrogen-bond donors (Lipinski definition) is 1. The number of amides is 1. The van der Waals surface area contributed by atoms with Crippen LogP contribution < -0.4 is 5.32 Å². The van der Waals surface area contributed by atoms with Gasteiger partial charge in [-0.2, -0.15) is 0 Å². The molecule has 6 heteroatoms. The fraction of sp³-hybridized carbons (Fsp3) is 0.429. The highest BCUT2D eigenvalue weighted by molar-refractivity contribution is 7.92. The van der Waals surface area contributed by atoms with Gasteiger partial charge in [-0.1, -0.05) is 31.4 Å². The molecule has 1 aliphatic carbocycles. The van der Waals surface area contributed by atoms with Crippen molar-refractivity contribution in [3.63, 3.8) is 0 Å². The molecule has 1 aromatic heterocycles. The van der Waals surface area contributed by atoms with E-state index in [9.17, 15) is 13.2 Å². The summed E-state index contributed by atoms with van der Waals surface area (Å²) in [5.41, 5.74) is 2.64. The third-order valence-electron chi connectivity index (χ3n) is 5.69. The van der Waals surface area contributed by atoms with Crippen LogP contribution in [0, 0.1) is 0 Å². The summed E-state index contributed by atoms with van der Waals surface area (Å²) < 4.78 is 25.7. The summed E-state index contributed by atoms with van der Waals surface area (Å²) >= 11 is 0. The van der Waals surface area contributed by atoms with Gasteiger partial charge in [-0.15, -0.1) is 0 Å². The average Bonchev–Trinajstić information content (AvgIpc) is 3.15. The molecule has 5 nitrogen and oxygen atoms in total. The van der Waals surface area contributed by atoms with Crippen molar-refractivity contribution >= 4 is 15.7 Å². The van der Waals surface area contributed by atoms with Crippen LogP contribution in [-0.2, 0) is 14.6 Å². The van der Waals surface area contributed by atoms with Gasteiger partial charge in [0.25, 0.3) is 0 Å². The van der Waals surface area contributed by atoms with Crippen molar-refractivity contribution < 1.29 is 13.2 Å². The largest absolute Gasteiger partial charge is 0.355 e. The van der Waals surface area contributed by atoms with Crippen LogP contribution in [0.4, 0.5) is 0 Å². The van der Waals surface area contributed by atoms with Crippen molar-refractivity contribution in [1.29, 1.82) is 0 Å². The summed E-state index contributed by atoms with van der Waals surface area (Å²) in [7, 11) is -3.25. The van der Waals surface area contributed by atoms with Gasteiger partial charge < -0.3 is 5.32 Å². The summed E-state index contributed by atoms with van der Waals surface area (Å²) in [4.78, 5) is 16.7. The van der Waals surface area contributed by atoms with Gasteiger partial charge >= 0.3 is 0 Å². The number of sulfone groups is 1. The summed E-state index contributed by atoms with van der Waals surface area (Å²) in [6.45, 7) is 0.684. The van der Waals surface area contributed by atoms with E-state index < -0.39 is 9.84 Å². The van der Waals surface area contributed by atoms with Gasteiger partial charge in [-0.25, -0.2) is 8.42 Å². The highest BCUT2D eigenvalue weighted by atomic mass is 32.2. The molecule has 1 atom stereocenters. The molecule has 0 spiro atoms. The molecular formula is C21H24N2O3S. The number of aromatic nitrogens is 1. The third-order valence-corrected chi connectivity index (χ3v) is 7.97. The molecular weight excluding hydrogens is 360 g/mol. The van der Waals surface area contributed by atoms with Crippen LogP contribution in [0.15, 0.2) is 47.5 Å². The number of pyridine rings is 1. The van der Waals surface area contributed by atoms with Crippen molar-refractivity contribution in [2.45, 2.75) is 54.6 Å². The van der Waals surface area contributed by atoms with E-state index in [-0.39, 0.29) is 17.1 Å².